The second kappa shape index (κ2) is 10.3. The van der Waals surface area contributed by atoms with Crippen molar-refractivity contribution in [2.45, 2.75) is 5.41 Å². The molecule has 0 aromatic heterocycles. The summed E-state index contributed by atoms with van der Waals surface area (Å²) in [5.74, 6) is -0.153. The first-order valence-corrected chi connectivity index (χ1v) is 14.0. The Balaban J connectivity index is 1.56. The summed E-state index contributed by atoms with van der Waals surface area (Å²) in [7, 11) is 0. The summed E-state index contributed by atoms with van der Waals surface area (Å²) in [6.45, 7) is 7.01. The van der Waals surface area contributed by atoms with Crippen molar-refractivity contribution in [1.29, 1.82) is 0 Å². The summed E-state index contributed by atoms with van der Waals surface area (Å²) >= 11 is 0. The fourth-order valence-electron chi connectivity index (χ4n) is 6.43. The molecule has 0 bridgehead atoms. The fourth-order valence-corrected chi connectivity index (χ4v) is 6.43. The third kappa shape index (κ3) is 4.15. The van der Waals surface area contributed by atoms with Crippen molar-refractivity contribution in [3.8, 4) is 22.6 Å². The van der Waals surface area contributed by atoms with Gasteiger partial charge in [0.15, 0.2) is 0 Å². The molecule has 43 heavy (non-hydrogen) atoms. The van der Waals surface area contributed by atoms with Gasteiger partial charge >= 0.3 is 11.9 Å². The van der Waals surface area contributed by atoms with Crippen LogP contribution in [0.3, 0.4) is 0 Å². The molecule has 4 nitrogen and oxygen atoms in total. The minimum absolute atomic E-state index is 0.436. The number of hydrogen-bond acceptors (Lipinski definition) is 4. The van der Waals surface area contributed by atoms with Crippen molar-refractivity contribution in [3.63, 3.8) is 0 Å². The lowest BCUT2D eigenvalue weighted by atomic mass is 9.67. The number of rotatable bonds is 6. The molecule has 0 spiro atoms. The van der Waals surface area contributed by atoms with Gasteiger partial charge in [-0.05, 0) is 91.3 Å². The van der Waals surface area contributed by atoms with E-state index in [2.05, 4.69) is 86.0 Å². The highest BCUT2D eigenvalue weighted by atomic mass is 16.5. The molecule has 4 heteroatoms. The van der Waals surface area contributed by atoms with Crippen LogP contribution in [-0.2, 0) is 15.0 Å². The summed E-state index contributed by atoms with van der Waals surface area (Å²) in [5.41, 5.74) is 5.92. The van der Waals surface area contributed by atoms with Crippen LogP contribution in [0.25, 0.3) is 32.7 Å². The highest BCUT2D eigenvalue weighted by Gasteiger charge is 2.47. The predicted molar refractivity (Wildman–Crippen MR) is 170 cm³/mol. The zero-order valence-corrected chi connectivity index (χ0v) is 23.2. The van der Waals surface area contributed by atoms with E-state index in [1.165, 1.54) is 10.9 Å². The maximum atomic E-state index is 11.9. The standard InChI is InChI=1S/C39H26O4/c1-3-36(40)42-30-18-14-28(15-19-30)39(29-16-20-31(21-17-29)43-37(41)4-2)34-22-13-25-9-7-8-12-32(25)38(34)33-23-26-10-5-6-11-27(26)24-35(33)39/h3-24H,1-2H2. The largest absolute Gasteiger partial charge is 0.423 e. The van der Waals surface area contributed by atoms with Crippen LogP contribution < -0.4 is 9.47 Å². The highest BCUT2D eigenvalue weighted by Crippen LogP contribution is 2.58. The molecule has 1 aliphatic rings. The highest BCUT2D eigenvalue weighted by molar-refractivity contribution is 6.06. The number of esters is 2. The van der Waals surface area contributed by atoms with Crippen LogP contribution in [0.1, 0.15) is 22.3 Å². The van der Waals surface area contributed by atoms with Gasteiger partial charge in [0.25, 0.3) is 0 Å². The Bertz CT molecular complexity index is 2020. The molecule has 0 fully saturated rings. The number of carbonyl (C=O) groups excluding carboxylic acids is 2. The van der Waals surface area contributed by atoms with Gasteiger partial charge in [-0.25, -0.2) is 9.59 Å². The third-order valence-electron chi connectivity index (χ3n) is 8.24. The molecule has 6 aromatic rings. The molecule has 0 N–H and O–H groups in total. The molecule has 0 radical (unpaired) electrons. The van der Waals surface area contributed by atoms with Crippen molar-refractivity contribution < 1.29 is 19.1 Å². The molecule has 0 saturated heterocycles. The second-order valence-corrected chi connectivity index (χ2v) is 10.5. The lowest BCUT2D eigenvalue weighted by Crippen LogP contribution is -2.28. The van der Waals surface area contributed by atoms with E-state index in [1.54, 1.807) is 0 Å². The monoisotopic (exact) mass is 558 g/mol. The Morgan fingerprint density at radius 3 is 1.63 bits per heavy atom. The van der Waals surface area contributed by atoms with Crippen LogP contribution in [0.4, 0.5) is 0 Å². The van der Waals surface area contributed by atoms with Gasteiger partial charge in [-0.15, -0.1) is 0 Å². The predicted octanol–water partition coefficient (Wildman–Crippen LogP) is 8.54. The zero-order chi connectivity index (χ0) is 29.6. The van der Waals surface area contributed by atoms with E-state index in [4.69, 9.17) is 9.47 Å². The van der Waals surface area contributed by atoms with Crippen LogP contribution in [-0.4, -0.2) is 11.9 Å². The lowest BCUT2D eigenvalue weighted by molar-refractivity contribution is -0.129. The Hall–Kier alpha value is -5.74. The van der Waals surface area contributed by atoms with E-state index >= 15 is 0 Å². The molecular formula is C39H26O4. The van der Waals surface area contributed by atoms with Crippen LogP contribution >= 0.6 is 0 Å². The molecule has 0 atom stereocenters. The van der Waals surface area contributed by atoms with E-state index < -0.39 is 17.4 Å². The van der Waals surface area contributed by atoms with Crippen molar-refractivity contribution in [1.82, 2.24) is 0 Å². The van der Waals surface area contributed by atoms with Gasteiger partial charge < -0.3 is 9.47 Å². The summed E-state index contributed by atoms with van der Waals surface area (Å²) in [6, 6.07) is 41.2. The van der Waals surface area contributed by atoms with Crippen molar-refractivity contribution in [3.05, 3.63) is 169 Å². The summed E-state index contributed by atoms with van der Waals surface area (Å²) < 4.78 is 10.8. The van der Waals surface area contributed by atoms with Gasteiger partial charge in [0.2, 0.25) is 0 Å². The van der Waals surface area contributed by atoms with Gasteiger partial charge in [0, 0.05) is 12.2 Å². The first kappa shape index (κ1) is 26.2. The quantitative estimate of drug-likeness (QED) is 0.117. The van der Waals surface area contributed by atoms with Crippen LogP contribution in [0.2, 0.25) is 0 Å². The Morgan fingerprint density at radius 1 is 0.558 bits per heavy atom. The number of hydrogen-bond donors (Lipinski definition) is 0. The van der Waals surface area contributed by atoms with Gasteiger partial charge in [-0.3, -0.25) is 0 Å². The van der Waals surface area contributed by atoms with Crippen molar-refractivity contribution in [2.75, 3.05) is 0 Å². The molecule has 1 aliphatic carbocycles. The van der Waals surface area contributed by atoms with Gasteiger partial charge in [-0.2, -0.15) is 0 Å². The Labute approximate surface area is 249 Å². The number of carbonyl (C=O) groups is 2. The maximum absolute atomic E-state index is 11.9. The van der Waals surface area contributed by atoms with Crippen molar-refractivity contribution in [2.24, 2.45) is 0 Å². The molecule has 0 unspecified atom stereocenters. The van der Waals surface area contributed by atoms with E-state index in [0.29, 0.717) is 11.5 Å². The van der Waals surface area contributed by atoms with Crippen molar-refractivity contribution >= 4 is 33.5 Å². The van der Waals surface area contributed by atoms with E-state index in [1.807, 2.05) is 48.5 Å². The van der Waals surface area contributed by atoms with E-state index in [9.17, 15) is 9.59 Å². The zero-order valence-electron chi connectivity index (χ0n) is 23.2. The van der Waals surface area contributed by atoms with Gasteiger partial charge in [-0.1, -0.05) is 98.1 Å². The molecule has 6 aromatic carbocycles. The Kier molecular flexibility index (Phi) is 6.25. The molecule has 7 rings (SSSR count). The van der Waals surface area contributed by atoms with E-state index in [-0.39, 0.29) is 0 Å². The average Bonchev–Trinajstić information content (AvgIpc) is 3.34. The Morgan fingerprint density at radius 2 is 1.07 bits per heavy atom. The average molecular weight is 559 g/mol. The van der Waals surface area contributed by atoms with Gasteiger partial charge in [0.05, 0.1) is 5.41 Å². The molecule has 206 valence electrons. The first-order valence-electron chi connectivity index (χ1n) is 14.0. The summed E-state index contributed by atoms with van der Waals surface area (Å²) in [6.07, 6.45) is 2.30. The first-order chi connectivity index (χ1) is 21.0. The number of ether oxygens (including phenoxy) is 2. The second-order valence-electron chi connectivity index (χ2n) is 10.5. The normalized spacial score (nSPS) is 12.7. The maximum Gasteiger partial charge on any atom is 0.335 e. The molecule has 0 amide bonds. The molecule has 0 aliphatic heterocycles. The smallest absolute Gasteiger partial charge is 0.335 e. The molecular weight excluding hydrogens is 532 g/mol. The summed E-state index contributed by atoms with van der Waals surface area (Å²) in [4.78, 5) is 23.9. The van der Waals surface area contributed by atoms with E-state index in [0.717, 1.165) is 56.1 Å². The van der Waals surface area contributed by atoms with Crippen LogP contribution in [0.15, 0.2) is 147 Å². The minimum Gasteiger partial charge on any atom is -0.423 e. The minimum atomic E-state index is -0.722. The number of benzene rings is 6. The topological polar surface area (TPSA) is 52.6 Å². The molecule has 0 saturated carbocycles. The SMILES string of the molecule is C=CC(=O)Oc1ccc(C2(c3ccc(OC(=O)C=C)cc3)c3cc4ccccc4cc3-c3c2ccc2ccccc32)cc1. The van der Waals surface area contributed by atoms with Crippen LogP contribution in [0, 0.1) is 0 Å². The van der Waals surface area contributed by atoms with Gasteiger partial charge in [0.1, 0.15) is 11.5 Å². The number of fused-ring (bicyclic) bond motifs is 6. The molecule has 0 heterocycles. The fraction of sp³-hybridized carbons (Fsp3) is 0.0256. The lowest BCUT2D eigenvalue weighted by Gasteiger charge is -2.34. The summed E-state index contributed by atoms with van der Waals surface area (Å²) in [5, 5.41) is 4.63. The third-order valence-corrected chi connectivity index (χ3v) is 8.24. The van der Waals surface area contributed by atoms with Crippen LogP contribution in [0.5, 0.6) is 11.5 Å².